The zero-order chi connectivity index (χ0) is 14.0. The van der Waals surface area contributed by atoms with Gasteiger partial charge in [-0.15, -0.1) is 0 Å². The Kier molecular flexibility index (Phi) is 3.83. The van der Waals surface area contributed by atoms with Crippen LogP contribution in [0.25, 0.3) is 0 Å². The molecule has 1 aromatic carbocycles. The highest BCUT2D eigenvalue weighted by Crippen LogP contribution is 2.25. The van der Waals surface area contributed by atoms with Gasteiger partial charge in [-0.2, -0.15) is 0 Å². The van der Waals surface area contributed by atoms with Crippen molar-refractivity contribution in [3.05, 3.63) is 18.2 Å². The van der Waals surface area contributed by atoms with Crippen LogP contribution < -0.4 is 15.8 Å². The summed E-state index contributed by atoms with van der Waals surface area (Å²) in [6.45, 7) is 4.71. The fourth-order valence-electron chi connectivity index (χ4n) is 2.20. The van der Waals surface area contributed by atoms with Crippen LogP contribution in [0, 0.1) is 0 Å². The highest BCUT2D eigenvalue weighted by Gasteiger charge is 2.28. The lowest BCUT2D eigenvalue weighted by atomic mass is 10.2. The summed E-state index contributed by atoms with van der Waals surface area (Å²) in [5.74, 6) is 0.838. The number of nitrogens with one attached hydrogen (secondary N) is 1. The topological polar surface area (TPSA) is 67.6 Å². The summed E-state index contributed by atoms with van der Waals surface area (Å²) in [4.78, 5) is 13.6. The third kappa shape index (κ3) is 3.30. The molecule has 19 heavy (non-hydrogen) atoms. The minimum atomic E-state index is -0.168. The number of ether oxygens (including phenoxy) is 1. The van der Waals surface area contributed by atoms with E-state index in [2.05, 4.69) is 5.32 Å². The zero-order valence-corrected chi connectivity index (χ0v) is 11.6. The van der Waals surface area contributed by atoms with Crippen molar-refractivity contribution >= 4 is 17.3 Å². The van der Waals surface area contributed by atoms with Gasteiger partial charge in [0.15, 0.2) is 0 Å². The molecule has 0 aliphatic carbocycles. The molecule has 1 aliphatic heterocycles. The first-order valence-electron chi connectivity index (χ1n) is 6.54. The van der Waals surface area contributed by atoms with Crippen LogP contribution in [-0.4, -0.2) is 36.5 Å². The summed E-state index contributed by atoms with van der Waals surface area (Å²) < 4.78 is 5.63. The third-order valence-corrected chi connectivity index (χ3v) is 3.07. The lowest BCUT2D eigenvalue weighted by molar-refractivity contribution is -0.127. The van der Waals surface area contributed by atoms with Crippen LogP contribution in [-0.2, 0) is 4.79 Å². The van der Waals surface area contributed by atoms with Gasteiger partial charge in [-0.3, -0.25) is 4.79 Å². The van der Waals surface area contributed by atoms with Gasteiger partial charge in [0, 0.05) is 37.1 Å². The van der Waals surface area contributed by atoms with Gasteiger partial charge in [0.05, 0.1) is 6.10 Å². The van der Waals surface area contributed by atoms with Crippen molar-refractivity contribution in [3.63, 3.8) is 0 Å². The smallest absolute Gasteiger partial charge is 0.244 e. The van der Waals surface area contributed by atoms with Crippen LogP contribution in [0.4, 0.5) is 11.4 Å². The number of nitrogens with zero attached hydrogens (tertiary/aromatic N) is 1. The van der Waals surface area contributed by atoms with Gasteiger partial charge in [-0.25, -0.2) is 0 Å². The summed E-state index contributed by atoms with van der Waals surface area (Å²) in [6.07, 6.45) is 0.902. The number of rotatable bonds is 4. The fourth-order valence-corrected chi connectivity index (χ4v) is 2.20. The lowest BCUT2D eigenvalue weighted by Crippen LogP contribution is -2.30. The van der Waals surface area contributed by atoms with E-state index in [0.29, 0.717) is 5.69 Å². The Morgan fingerprint density at radius 3 is 2.74 bits per heavy atom. The molecule has 1 aromatic rings. The second-order valence-corrected chi connectivity index (χ2v) is 5.20. The van der Waals surface area contributed by atoms with Crippen LogP contribution in [0.1, 0.15) is 20.3 Å². The first-order valence-corrected chi connectivity index (χ1v) is 6.54. The highest BCUT2D eigenvalue weighted by atomic mass is 16.5. The molecular weight excluding hydrogens is 242 g/mol. The predicted octanol–water partition coefficient (Wildman–Crippen LogP) is 1.70. The maximum absolute atomic E-state index is 11.9. The molecule has 0 saturated carbocycles. The average Bonchev–Trinajstić information content (AvgIpc) is 2.59. The summed E-state index contributed by atoms with van der Waals surface area (Å²) in [5.41, 5.74) is 7.30. The Balaban J connectivity index is 2.12. The number of likely N-dealkylation sites (tertiary alicyclic amines) is 1. The van der Waals surface area contributed by atoms with Gasteiger partial charge >= 0.3 is 0 Å². The molecule has 5 nitrogen and oxygen atoms in total. The van der Waals surface area contributed by atoms with E-state index in [-0.39, 0.29) is 18.1 Å². The summed E-state index contributed by atoms with van der Waals surface area (Å²) in [5, 5.41) is 3.22. The average molecular weight is 263 g/mol. The Hall–Kier alpha value is -1.91. The molecule has 0 bridgehead atoms. The highest BCUT2D eigenvalue weighted by molar-refractivity contribution is 5.86. The largest absolute Gasteiger partial charge is 0.491 e. The molecular formula is C14H21N3O2. The second kappa shape index (κ2) is 5.38. The first-order chi connectivity index (χ1) is 8.95. The summed E-state index contributed by atoms with van der Waals surface area (Å²) >= 11 is 0. The molecule has 1 saturated heterocycles. The van der Waals surface area contributed by atoms with Crippen molar-refractivity contribution < 1.29 is 9.53 Å². The molecule has 104 valence electrons. The van der Waals surface area contributed by atoms with Gasteiger partial charge < -0.3 is 20.7 Å². The number of carbonyl (C=O) groups excluding carboxylic acids is 1. The number of benzene rings is 1. The summed E-state index contributed by atoms with van der Waals surface area (Å²) in [7, 11) is 1.82. The predicted molar refractivity (Wildman–Crippen MR) is 76.3 cm³/mol. The number of nitrogen functional groups attached to an aromatic ring is 1. The zero-order valence-electron chi connectivity index (χ0n) is 11.6. The van der Waals surface area contributed by atoms with E-state index in [1.807, 2.05) is 33.0 Å². The van der Waals surface area contributed by atoms with Gasteiger partial charge in [-0.1, -0.05) is 0 Å². The third-order valence-electron chi connectivity index (χ3n) is 3.07. The van der Waals surface area contributed by atoms with E-state index < -0.39 is 0 Å². The van der Waals surface area contributed by atoms with Gasteiger partial charge in [0.2, 0.25) is 5.91 Å². The van der Waals surface area contributed by atoms with Crippen molar-refractivity contribution in [1.82, 2.24) is 4.90 Å². The Morgan fingerprint density at radius 1 is 1.42 bits per heavy atom. The van der Waals surface area contributed by atoms with E-state index in [4.69, 9.17) is 10.5 Å². The van der Waals surface area contributed by atoms with Crippen molar-refractivity contribution in [2.24, 2.45) is 0 Å². The normalized spacial score (nSPS) is 19.1. The quantitative estimate of drug-likeness (QED) is 0.811. The van der Waals surface area contributed by atoms with Crippen LogP contribution >= 0.6 is 0 Å². The van der Waals surface area contributed by atoms with Crippen LogP contribution in [0.2, 0.25) is 0 Å². The monoisotopic (exact) mass is 263 g/mol. The molecule has 1 amide bonds. The van der Waals surface area contributed by atoms with E-state index in [0.717, 1.165) is 24.4 Å². The lowest BCUT2D eigenvalue weighted by Gasteiger charge is -2.16. The van der Waals surface area contributed by atoms with E-state index in [1.165, 1.54) is 0 Å². The van der Waals surface area contributed by atoms with E-state index in [9.17, 15) is 4.79 Å². The Labute approximate surface area is 113 Å². The molecule has 3 N–H and O–H groups in total. The number of amides is 1. The summed E-state index contributed by atoms with van der Waals surface area (Å²) in [6, 6.07) is 5.31. The first kappa shape index (κ1) is 13.5. The minimum absolute atomic E-state index is 0.0916. The maximum Gasteiger partial charge on any atom is 0.244 e. The van der Waals surface area contributed by atoms with Crippen LogP contribution in [0.15, 0.2) is 18.2 Å². The number of likely N-dealkylation sites (N-methyl/N-ethyl adjacent to an activating group) is 1. The SMILES string of the molecule is CC(C)Oc1cc(N)cc(NC2CCN(C)C2=O)c1. The number of hydrogen-bond acceptors (Lipinski definition) is 4. The molecule has 0 aromatic heterocycles. The van der Waals surface area contributed by atoms with Gasteiger partial charge in [0.25, 0.3) is 0 Å². The van der Waals surface area contributed by atoms with Crippen LogP contribution in [0.3, 0.4) is 0 Å². The molecule has 1 fully saturated rings. The van der Waals surface area contributed by atoms with Gasteiger partial charge in [0.1, 0.15) is 11.8 Å². The molecule has 1 aliphatic rings. The minimum Gasteiger partial charge on any atom is -0.491 e. The molecule has 5 heteroatoms. The second-order valence-electron chi connectivity index (χ2n) is 5.20. The molecule has 0 spiro atoms. The number of anilines is 2. The maximum atomic E-state index is 11.9. The fraction of sp³-hybridized carbons (Fsp3) is 0.500. The molecule has 2 rings (SSSR count). The van der Waals surface area contributed by atoms with E-state index >= 15 is 0 Å². The number of carbonyl (C=O) groups is 1. The Morgan fingerprint density at radius 2 is 2.16 bits per heavy atom. The number of nitrogens with two attached hydrogens (primary N) is 1. The van der Waals surface area contributed by atoms with Crippen LogP contribution in [0.5, 0.6) is 5.75 Å². The number of hydrogen-bond donors (Lipinski definition) is 2. The van der Waals surface area contributed by atoms with Crippen molar-refractivity contribution in [3.8, 4) is 5.75 Å². The van der Waals surface area contributed by atoms with Crippen molar-refractivity contribution in [2.45, 2.75) is 32.4 Å². The molecule has 1 unspecified atom stereocenters. The molecule has 1 heterocycles. The molecule has 0 radical (unpaired) electrons. The Bertz CT molecular complexity index is 474. The van der Waals surface area contributed by atoms with Crippen molar-refractivity contribution in [2.75, 3.05) is 24.6 Å². The van der Waals surface area contributed by atoms with Gasteiger partial charge in [-0.05, 0) is 26.3 Å². The molecule has 1 atom stereocenters. The van der Waals surface area contributed by atoms with E-state index in [1.54, 1.807) is 11.0 Å². The standard InChI is InChI=1S/C14H21N3O2/c1-9(2)19-12-7-10(15)6-11(8-12)16-13-4-5-17(3)14(13)18/h6-9,13,16H,4-5,15H2,1-3H3. The van der Waals surface area contributed by atoms with Crippen molar-refractivity contribution in [1.29, 1.82) is 0 Å².